The van der Waals surface area contributed by atoms with Crippen molar-refractivity contribution in [2.45, 2.75) is 59.0 Å². The minimum absolute atomic E-state index is 0. The molecule has 0 unspecified atom stereocenters. The van der Waals surface area contributed by atoms with Gasteiger partial charge < -0.3 is 20.3 Å². The highest BCUT2D eigenvalue weighted by atomic mass is 127. The van der Waals surface area contributed by atoms with Crippen molar-refractivity contribution in [2.24, 2.45) is 4.99 Å². The molecule has 1 fully saturated rings. The van der Waals surface area contributed by atoms with Crippen molar-refractivity contribution < 1.29 is 4.74 Å². The van der Waals surface area contributed by atoms with E-state index in [0.29, 0.717) is 25.1 Å². The van der Waals surface area contributed by atoms with Gasteiger partial charge in [-0.15, -0.1) is 24.0 Å². The van der Waals surface area contributed by atoms with E-state index in [2.05, 4.69) is 41.3 Å². The quantitative estimate of drug-likeness (QED) is 0.316. The number of rotatable bonds is 9. The van der Waals surface area contributed by atoms with Gasteiger partial charge >= 0.3 is 0 Å². The monoisotopic (exact) mass is 489 g/mol. The highest BCUT2D eigenvalue weighted by molar-refractivity contribution is 14.0. The zero-order chi connectivity index (χ0) is 18.6. The molecule has 0 saturated carbocycles. The highest BCUT2D eigenvalue weighted by Crippen LogP contribution is 2.16. The topological polar surface area (TPSA) is 61.8 Å². The molecular formula is C20H36IN5O. The molecule has 0 radical (unpaired) electrons. The van der Waals surface area contributed by atoms with E-state index in [1.54, 1.807) is 6.20 Å². The molecule has 0 amide bonds. The van der Waals surface area contributed by atoms with E-state index < -0.39 is 0 Å². The number of ether oxygens (including phenoxy) is 1. The molecule has 0 bridgehead atoms. The lowest BCUT2D eigenvalue weighted by Crippen LogP contribution is -2.48. The molecule has 1 aliphatic rings. The van der Waals surface area contributed by atoms with Gasteiger partial charge in [-0.1, -0.05) is 19.9 Å². The predicted molar refractivity (Wildman–Crippen MR) is 123 cm³/mol. The third kappa shape index (κ3) is 8.64. The van der Waals surface area contributed by atoms with Crippen LogP contribution in [0.25, 0.3) is 0 Å². The van der Waals surface area contributed by atoms with Gasteiger partial charge in [0.05, 0.1) is 13.2 Å². The van der Waals surface area contributed by atoms with Crippen LogP contribution < -0.4 is 15.4 Å². The molecule has 1 aromatic heterocycles. The Kier molecular flexibility index (Phi) is 12.4. The standard InChI is InChI=1S/C20H35N5O.HI/c1-4-12-25-13-9-18(10-14-25)24-20(21-6-3)23-16-17-8-7-11-22-19(17)26-15-5-2;/h7-8,11,18H,4-6,9-10,12-16H2,1-3H3,(H2,21,23,24);1H. The summed E-state index contributed by atoms with van der Waals surface area (Å²) < 4.78 is 5.74. The minimum atomic E-state index is 0. The number of aliphatic imine (C=N–C) groups is 1. The van der Waals surface area contributed by atoms with Crippen LogP contribution in [0.15, 0.2) is 23.3 Å². The Balaban J connectivity index is 0.00000364. The number of halogens is 1. The van der Waals surface area contributed by atoms with Crippen LogP contribution in [-0.2, 0) is 6.54 Å². The summed E-state index contributed by atoms with van der Waals surface area (Å²) in [6.45, 7) is 12.1. The second kappa shape index (κ2) is 14.0. The van der Waals surface area contributed by atoms with Crippen molar-refractivity contribution >= 4 is 29.9 Å². The first kappa shape index (κ1) is 23.9. The third-order valence-corrected chi connectivity index (χ3v) is 4.51. The molecule has 6 nitrogen and oxygen atoms in total. The van der Waals surface area contributed by atoms with Crippen LogP contribution in [0.2, 0.25) is 0 Å². The summed E-state index contributed by atoms with van der Waals surface area (Å²) in [6, 6.07) is 4.47. The lowest BCUT2D eigenvalue weighted by atomic mass is 10.1. The van der Waals surface area contributed by atoms with E-state index in [1.165, 1.54) is 38.9 Å². The summed E-state index contributed by atoms with van der Waals surface area (Å²) in [5.41, 5.74) is 1.02. The lowest BCUT2D eigenvalue weighted by molar-refractivity contribution is 0.206. The van der Waals surface area contributed by atoms with Crippen molar-refractivity contribution in [1.29, 1.82) is 0 Å². The maximum absolute atomic E-state index is 5.74. The Hall–Kier alpha value is -1.09. The van der Waals surface area contributed by atoms with Crippen LogP contribution in [-0.4, -0.2) is 54.7 Å². The smallest absolute Gasteiger partial charge is 0.218 e. The van der Waals surface area contributed by atoms with Crippen LogP contribution in [0, 0.1) is 0 Å². The number of piperidine rings is 1. The SMILES string of the molecule is CCCOc1ncccc1CN=C(NCC)NC1CCN(CCC)CC1.I. The van der Waals surface area contributed by atoms with Gasteiger partial charge in [0.15, 0.2) is 5.96 Å². The van der Waals surface area contributed by atoms with Crippen LogP contribution in [0.3, 0.4) is 0 Å². The van der Waals surface area contributed by atoms with Gasteiger partial charge in [0.2, 0.25) is 5.88 Å². The van der Waals surface area contributed by atoms with Crippen LogP contribution in [0.5, 0.6) is 5.88 Å². The fourth-order valence-electron chi connectivity index (χ4n) is 3.17. The molecule has 2 rings (SSSR count). The second-order valence-electron chi connectivity index (χ2n) is 6.77. The Morgan fingerprint density at radius 1 is 1.26 bits per heavy atom. The molecule has 0 atom stereocenters. The summed E-state index contributed by atoms with van der Waals surface area (Å²) in [5, 5.41) is 6.97. The molecule has 2 heterocycles. The summed E-state index contributed by atoms with van der Waals surface area (Å²) in [6.07, 6.45) is 6.31. The molecule has 2 N–H and O–H groups in total. The first-order valence-electron chi connectivity index (χ1n) is 10.1. The molecule has 7 heteroatoms. The summed E-state index contributed by atoms with van der Waals surface area (Å²) in [4.78, 5) is 11.7. The van der Waals surface area contributed by atoms with Gasteiger partial charge in [0, 0.05) is 37.4 Å². The largest absolute Gasteiger partial charge is 0.477 e. The number of nitrogens with one attached hydrogen (secondary N) is 2. The Morgan fingerprint density at radius 3 is 2.70 bits per heavy atom. The number of likely N-dealkylation sites (tertiary alicyclic amines) is 1. The van der Waals surface area contributed by atoms with E-state index in [4.69, 9.17) is 9.73 Å². The zero-order valence-corrected chi connectivity index (χ0v) is 19.4. The number of nitrogens with zero attached hydrogens (tertiary/aromatic N) is 3. The molecule has 0 spiro atoms. The fourth-order valence-corrected chi connectivity index (χ4v) is 3.17. The molecule has 0 aliphatic carbocycles. The number of hydrogen-bond donors (Lipinski definition) is 2. The summed E-state index contributed by atoms with van der Waals surface area (Å²) in [5.74, 6) is 1.58. The van der Waals surface area contributed by atoms with Gasteiger partial charge in [0.25, 0.3) is 0 Å². The molecule has 1 aromatic rings. The summed E-state index contributed by atoms with van der Waals surface area (Å²) in [7, 11) is 0. The van der Waals surface area contributed by atoms with Crippen LogP contribution in [0.1, 0.15) is 52.0 Å². The van der Waals surface area contributed by atoms with E-state index in [9.17, 15) is 0 Å². The Labute approximate surface area is 181 Å². The van der Waals surface area contributed by atoms with Gasteiger partial charge in [-0.2, -0.15) is 0 Å². The van der Waals surface area contributed by atoms with Crippen molar-refractivity contribution in [3.8, 4) is 5.88 Å². The normalized spacial score (nSPS) is 15.9. The first-order valence-corrected chi connectivity index (χ1v) is 10.1. The van der Waals surface area contributed by atoms with Crippen molar-refractivity contribution in [2.75, 3.05) is 32.8 Å². The minimum Gasteiger partial charge on any atom is -0.477 e. The molecule has 1 saturated heterocycles. The highest BCUT2D eigenvalue weighted by Gasteiger charge is 2.19. The van der Waals surface area contributed by atoms with Gasteiger partial charge in [-0.05, 0) is 45.2 Å². The average Bonchev–Trinajstić information content (AvgIpc) is 2.67. The second-order valence-corrected chi connectivity index (χ2v) is 6.77. The van der Waals surface area contributed by atoms with E-state index >= 15 is 0 Å². The number of guanidine groups is 1. The molecule has 1 aliphatic heterocycles. The van der Waals surface area contributed by atoms with E-state index in [1.807, 2.05) is 12.1 Å². The van der Waals surface area contributed by atoms with Crippen LogP contribution >= 0.6 is 24.0 Å². The number of hydrogen-bond acceptors (Lipinski definition) is 4. The fraction of sp³-hybridized carbons (Fsp3) is 0.700. The van der Waals surface area contributed by atoms with Gasteiger partial charge in [0.1, 0.15) is 0 Å². The zero-order valence-electron chi connectivity index (χ0n) is 17.0. The van der Waals surface area contributed by atoms with E-state index in [-0.39, 0.29) is 24.0 Å². The van der Waals surface area contributed by atoms with Crippen molar-refractivity contribution in [3.63, 3.8) is 0 Å². The van der Waals surface area contributed by atoms with Crippen molar-refractivity contribution in [3.05, 3.63) is 23.9 Å². The average molecular weight is 489 g/mol. The number of aromatic nitrogens is 1. The third-order valence-electron chi connectivity index (χ3n) is 4.51. The van der Waals surface area contributed by atoms with Gasteiger partial charge in [-0.25, -0.2) is 9.98 Å². The molecule has 154 valence electrons. The molecule has 27 heavy (non-hydrogen) atoms. The number of pyridine rings is 1. The molecule has 0 aromatic carbocycles. The maximum atomic E-state index is 5.74. The van der Waals surface area contributed by atoms with Gasteiger partial charge in [-0.3, -0.25) is 0 Å². The Morgan fingerprint density at radius 2 is 2.04 bits per heavy atom. The van der Waals surface area contributed by atoms with Crippen molar-refractivity contribution in [1.82, 2.24) is 20.5 Å². The van der Waals surface area contributed by atoms with Crippen LogP contribution in [0.4, 0.5) is 0 Å². The van der Waals surface area contributed by atoms with E-state index in [0.717, 1.165) is 24.5 Å². The Bertz CT molecular complexity index is 547. The summed E-state index contributed by atoms with van der Waals surface area (Å²) >= 11 is 0. The first-order chi connectivity index (χ1) is 12.8. The molecular weight excluding hydrogens is 453 g/mol. The lowest BCUT2D eigenvalue weighted by Gasteiger charge is -2.32. The maximum Gasteiger partial charge on any atom is 0.218 e. The predicted octanol–water partition coefficient (Wildman–Crippen LogP) is 3.42.